The van der Waals surface area contributed by atoms with Crippen molar-refractivity contribution in [3.05, 3.63) is 59.2 Å². The number of aliphatic hydroxyl groups excluding tert-OH is 3. The number of sulfonamides is 1. The van der Waals surface area contributed by atoms with Gasteiger partial charge in [-0.05, 0) is 60.4 Å². The number of nitrogens with one attached hydrogen (secondary N) is 1. The highest BCUT2D eigenvalue weighted by Gasteiger charge is 2.40. The quantitative estimate of drug-likeness (QED) is 0.323. The van der Waals surface area contributed by atoms with Crippen molar-refractivity contribution in [1.82, 2.24) is 4.72 Å². The summed E-state index contributed by atoms with van der Waals surface area (Å²) < 4.78 is 39.0. The molecule has 1 aromatic heterocycles. The van der Waals surface area contributed by atoms with Crippen molar-refractivity contribution in [1.29, 1.82) is 5.26 Å². The number of piperidine rings is 1. The Bertz CT molecular complexity index is 1500. The molecule has 2 aliphatic heterocycles. The second-order valence-electron chi connectivity index (χ2n) is 9.88. The minimum atomic E-state index is -4.38. The number of allylic oxidation sites excluding steroid dienone is 1. The number of fused-ring (bicyclic) bond motifs is 1. The Morgan fingerprint density at radius 2 is 1.79 bits per heavy atom. The molecule has 5 rings (SSSR count). The molecule has 2 saturated heterocycles. The zero-order valence-electron chi connectivity index (χ0n) is 21.2. The maximum absolute atomic E-state index is 12.9. The van der Waals surface area contributed by atoms with Crippen LogP contribution < -0.4 is 9.62 Å². The van der Waals surface area contributed by atoms with Gasteiger partial charge in [-0.15, -0.1) is 0 Å². The molecule has 0 amide bonds. The van der Waals surface area contributed by atoms with Crippen LogP contribution in [0.5, 0.6) is 0 Å². The van der Waals surface area contributed by atoms with Gasteiger partial charge in [0.25, 0.3) is 10.0 Å². The predicted molar refractivity (Wildman–Crippen MR) is 146 cm³/mol. The van der Waals surface area contributed by atoms with Crippen LogP contribution in [0.2, 0.25) is 0 Å². The fourth-order valence-corrected chi connectivity index (χ4v) is 6.15. The van der Waals surface area contributed by atoms with Crippen molar-refractivity contribution in [2.75, 3.05) is 31.2 Å². The molecule has 11 heteroatoms. The van der Waals surface area contributed by atoms with Crippen LogP contribution in [0.3, 0.4) is 0 Å². The SMILES string of the molecule is N#C/C(=C\c1ccc(-c2ccc3cc(N4CCCCC4)ccc3c2)o1)S(=O)(=O)NC1CO[C@H](CO)[C@@H](O)[C@@H]1O. The van der Waals surface area contributed by atoms with Gasteiger partial charge in [-0.2, -0.15) is 5.26 Å². The van der Waals surface area contributed by atoms with Gasteiger partial charge < -0.3 is 29.4 Å². The first-order chi connectivity index (χ1) is 18.8. The Labute approximate surface area is 226 Å². The van der Waals surface area contributed by atoms with Gasteiger partial charge >= 0.3 is 0 Å². The van der Waals surface area contributed by atoms with E-state index in [1.165, 1.54) is 24.9 Å². The van der Waals surface area contributed by atoms with E-state index in [2.05, 4.69) is 27.8 Å². The average Bonchev–Trinajstić information content (AvgIpc) is 3.43. The van der Waals surface area contributed by atoms with Gasteiger partial charge in [0.15, 0.2) is 4.91 Å². The lowest BCUT2D eigenvalue weighted by molar-refractivity contribution is -0.158. The van der Waals surface area contributed by atoms with Crippen LogP contribution in [-0.4, -0.2) is 74.4 Å². The van der Waals surface area contributed by atoms with E-state index in [9.17, 15) is 29.0 Å². The van der Waals surface area contributed by atoms with E-state index >= 15 is 0 Å². The number of benzene rings is 2. The molecule has 206 valence electrons. The summed E-state index contributed by atoms with van der Waals surface area (Å²) in [6.45, 7) is 1.33. The first-order valence-corrected chi connectivity index (χ1v) is 14.4. The molecule has 4 N–H and O–H groups in total. The first-order valence-electron chi connectivity index (χ1n) is 12.9. The van der Waals surface area contributed by atoms with Crippen molar-refractivity contribution in [2.45, 2.75) is 43.6 Å². The lowest BCUT2D eigenvalue weighted by Crippen LogP contribution is -2.59. The van der Waals surface area contributed by atoms with E-state index in [0.29, 0.717) is 5.76 Å². The number of aliphatic hydroxyl groups is 3. The number of rotatable bonds is 7. The molecular formula is C28H31N3O7S. The van der Waals surface area contributed by atoms with E-state index in [4.69, 9.17) is 9.15 Å². The zero-order valence-corrected chi connectivity index (χ0v) is 22.0. The number of furan rings is 1. The van der Waals surface area contributed by atoms with Crippen LogP contribution in [0.25, 0.3) is 28.2 Å². The average molecular weight is 554 g/mol. The van der Waals surface area contributed by atoms with Crippen LogP contribution in [0, 0.1) is 11.3 Å². The second-order valence-corrected chi connectivity index (χ2v) is 11.6. The van der Waals surface area contributed by atoms with Gasteiger partial charge in [0.05, 0.1) is 19.3 Å². The van der Waals surface area contributed by atoms with Crippen molar-refractivity contribution in [3.8, 4) is 17.4 Å². The van der Waals surface area contributed by atoms with Gasteiger partial charge in [-0.3, -0.25) is 0 Å². The minimum absolute atomic E-state index is 0.160. The molecule has 2 fully saturated rings. The third-order valence-corrected chi connectivity index (χ3v) is 8.65. The lowest BCUT2D eigenvalue weighted by Gasteiger charge is -2.36. The van der Waals surface area contributed by atoms with E-state index < -0.39 is 45.9 Å². The molecule has 3 heterocycles. The second kappa shape index (κ2) is 11.5. The van der Waals surface area contributed by atoms with E-state index in [1.54, 1.807) is 18.2 Å². The van der Waals surface area contributed by atoms with Crippen molar-refractivity contribution in [2.24, 2.45) is 0 Å². The maximum atomic E-state index is 12.9. The summed E-state index contributed by atoms with van der Waals surface area (Å²) in [6.07, 6.45) is 0.757. The highest BCUT2D eigenvalue weighted by atomic mass is 32.2. The molecule has 3 aromatic rings. The number of nitrogens with zero attached hydrogens (tertiary/aromatic N) is 2. The van der Waals surface area contributed by atoms with Gasteiger partial charge in [-0.25, -0.2) is 13.1 Å². The fourth-order valence-electron chi connectivity index (χ4n) is 5.03. The third kappa shape index (κ3) is 5.86. The number of anilines is 1. The van der Waals surface area contributed by atoms with Crippen LogP contribution in [-0.2, 0) is 14.8 Å². The molecule has 0 spiro atoms. The number of hydrogen-bond acceptors (Lipinski definition) is 9. The van der Waals surface area contributed by atoms with Crippen LogP contribution in [0.15, 0.2) is 57.9 Å². The largest absolute Gasteiger partial charge is 0.457 e. The molecule has 4 atom stereocenters. The summed E-state index contributed by atoms with van der Waals surface area (Å²) in [5, 5.41) is 41.2. The maximum Gasteiger partial charge on any atom is 0.251 e. The Hall–Kier alpha value is -3.24. The molecule has 10 nitrogen and oxygen atoms in total. The lowest BCUT2D eigenvalue weighted by atomic mass is 9.99. The normalized spacial score (nSPS) is 24.6. The molecule has 0 radical (unpaired) electrons. The molecule has 0 aliphatic carbocycles. The van der Waals surface area contributed by atoms with E-state index in [0.717, 1.165) is 35.5 Å². The molecule has 0 bridgehead atoms. The van der Waals surface area contributed by atoms with Gasteiger partial charge in [0.2, 0.25) is 0 Å². The summed E-state index contributed by atoms with van der Waals surface area (Å²) in [4.78, 5) is 1.78. The fraction of sp³-hybridized carbons (Fsp3) is 0.393. The Morgan fingerprint density at radius 3 is 2.54 bits per heavy atom. The van der Waals surface area contributed by atoms with Crippen molar-refractivity contribution in [3.63, 3.8) is 0 Å². The summed E-state index contributed by atoms with van der Waals surface area (Å²) in [7, 11) is -4.38. The number of ether oxygens (including phenoxy) is 1. The highest BCUT2D eigenvalue weighted by Crippen LogP contribution is 2.30. The topological polar surface area (TPSA) is 156 Å². The third-order valence-electron chi connectivity index (χ3n) is 7.25. The van der Waals surface area contributed by atoms with Gasteiger partial charge in [-0.1, -0.05) is 18.2 Å². The molecule has 0 saturated carbocycles. The molecule has 1 unspecified atom stereocenters. The molecular weight excluding hydrogens is 522 g/mol. The smallest absolute Gasteiger partial charge is 0.251 e. The summed E-state index contributed by atoms with van der Waals surface area (Å²) in [5.41, 5.74) is 2.02. The molecule has 2 aliphatic rings. The van der Waals surface area contributed by atoms with Gasteiger partial charge in [0.1, 0.15) is 35.9 Å². The van der Waals surface area contributed by atoms with Crippen LogP contribution >= 0.6 is 0 Å². The standard InChI is InChI=1S/C28H31N3O7S/c29-15-23(39(35,36)30-24-17-37-26(16-32)28(34)27(24)33)14-22-8-9-25(38-22)20-5-4-19-13-21(7-6-18(19)12-20)31-10-2-1-3-11-31/h4-9,12-14,24,26-28,30,32-34H,1-3,10-11,16-17H2/b23-14+/t24?,26-,27-,28-/m1/s1. The molecule has 2 aromatic carbocycles. The highest BCUT2D eigenvalue weighted by molar-refractivity contribution is 7.93. The summed E-state index contributed by atoms with van der Waals surface area (Å²) >= 11 is 0. The number of nitriles is 1. The summed E-state index contributed by atoms with van der Waals surface area (Å²) in [5.74, 6) is 0.675. The van der Waals surface area contributed by atoms with Crippen molar-refractivity contribution >= 4 is 32.6 Å². The predicted octanol–water partition coefficient (Wildman–Crippen LogP) is 2.36. The van der Waals surface area contributed by atoms with E-state index in [-0.39, 0.29) is 12.4 Å². The van der Waals surface area contributed by atoms with Crippen LogP contribution in [0.4, 0.5) is 5.69 Å². The Kier molecular flexibility index (Phi) is 8.04. The monoisotopic (exact) mass is 553 g/mol. The summed E-state index contributed by atoms with van der Waals surface area (Å²) in [6, 6.07) is 16.1. The number of hydrogen-bond donors (Lipinski definition) is 4. The van der Waals surface area contributed by atoms with Crippen LogP contribution in [0.1, 0.15) is 25.0 Å². The first kappa shape index (κ1) is 27.3. The molecule has 39 heavy (non-hydrogen) atoms. The Balaban J connectivity index is 1.33. The van der Waals surface area contributed by atoms with Gasteiger partial charge in [0, 0.05) is 30.4 Å². The van der Waals surface area contributed by atoms with Crippen molar-refractivity contribution < 1.29 is 32.9 Å². The zero-order chi connectivity index (χ0) is 27.6. The Morgan fingerprint density at radius 1 is 1.05 bits per heavy atom. The minimum Gasteiger partial charge on any atom is -0.457 e. The van der Waals surface area contributed by atoms with E-state index in [1.807, 2.05) is 18.2 Å².